The lowest BCUT2D eigenvalue weighted by Gasteiger charge is -2.22. The van der Waals surface area contributed by atoms with Crippen molar-refractivity contribution in [2.75, 3.05) is 20.2 Å². The zero-order valence-corrected chi connectivity index (χ0v) is 10.9. The number of methoxy groups -OCH3 is 1. The number of nitrogens with one attached hydrogen (secondary N) is 1. The third kappa shape index (κ3) is 3.17. The van der Waals surface area contributed by atoms with E-state index in [2.05, 4.69) is 15.0 Å². The fourth-order valence-corrected chi connectivity index (χ4v) is 2.10. The predicted molar refractivity (Wildman–Crippen MR) is 67.6 cm³/mol. The number of nitrogens with zero attached hydrogens (tertiary/aromatic N) is 1. The van der Waals surface area contributed by atoms with Crippen molar-refractivity contribution in [3.05, 3.63) is 29.3 Å². The number of halogens is 2. The van der Waals surface area contributed by atoms with E-state index in [1.807, 2.05) is 0 Å². The van der Waals surface area contributed by atoms with Gasteiger partial charge in [-0.2, -0.15) is 4.39 Å². The number of carbonyl (C=O) groups is 1. The van der Waals surface area contributed by atoms with Gasteiger partial charge >= 0.3 is 5.97 Å². The van der Waals surface area contributed by atoms with Gasteiger partial charge in [0.15, 0.2) is 5.69 Å². The topological polar surface area (TPSA) is 51.2 Å². The number of ether oxygens (including phenoxy) is 1. The van der Waals surface area contributed by atoms with Gasteiger partial charge in [-0.3, -0.25) is 0 Å². The number of piperidine rings is 1. The van der Waals surface area contributed by atoms with Crippen LogP contribution in [0, 0.1) is 5.95 Å². The van der Waals surface area contributed by atoms with Gasteiger partial charge in [0.25, 0.3) is 0 Å². The summed E-state index contributed by atoms with van der Waals surface area (Å²) in [7, 11) is 1.25. The zero-order valence-electron chi connectivity index (χ0n) is 10.1. The summed E-state index contributed by atoms with van der Waals surface area (Å²) in [6, 6.07) is 3.16. The molecule has 0 aromatic carbocycles. The maximum Gasteiger partial charge on any atom is 0.356 e. The molecule has 1 saturated heterocycles. The minimum absolute atomic E-state index is 0. The van der Waals surface area contributed by atoms with E-state index in [4.69, 9.17) is 0 Å². The van der Waals surface area contributed by atoms with E-state index in [-0.39, 0.29) is 24.0 Å². The Morgan fingerprint density at radius 3 is 2.67 bits per heavy atom. The Kier molecular flexibility index (Phi) is 5.50. The monoisotopic (exact) mass is 274 g/mol. The van der Waals surface area contributed by atoms with Gasteiger partial charge in [0.1, 0.15) is 0 Å². The molecule has 18 heavy (non-hydrogen) atoms. The molecule has 0 unspecified atom stereocenters. The second kappa shape index (κ2) is 6.66. The molecule has 1 aliphatic heterocycles. The average molecular weight is 275 g/mol. The van der Waals surface area contributed by atoms with Gasteiger partial charge in [0.2, 0.25) is 5.95 Å². The Hall–Kier alpha value is -1.20. The van der Waals surface area contributed by atoms with Crippen LogP contribution in [0.15, 0.2) is 12.1 Å². The third-order valence-corrected chi connectivity index (χ3v) is 3.05. The molecule has 0 atom stereocenters. The van der Waals surface area contributed by atoms with Crippen LogP contribution in [0.4, 0.5) is 4.39 Å². The van der Waals surface area contributed by atoms with Crippen molar-refractivity contribution in [3.8, 4) is 0 Å². The summed E-state index contributed by atoms with van der Waals surface area (Å²) in [5.41, 5.74) is 0.613. The molecular formula is C12H16ClFN2O2. The first kappa shape index (κ1) is 14.9. The largest absolute Gasteiger partial charge is 0.464 e. The predicted octanol–water partition coefficient (Wildman–Crippen LogP) is 1.90. The highest BCUT2D eigenvalue weighted by Crippen LogP contribution is 2.26. The van der Waals surface area contributed by atoms with Crippen LogP contribution in [0.3, 0.4) is 0 Å². The Bertz CT molecular complexity index is 423. The first-order valence-electron chi connectivity index (χ1n) is 5.68. The van der Waals surface area contributed by atoms with Gasteiger partial charge in [-0.1, -0.05) is 6.07 Å². The van der Waals surface area contributed by atoms with Gasteiger partial charge in [0, 0.05) is 5.56 Å². The average Bonchev–Trinajstić information content (AvgIpc) is 2.38. The molecular weight excluding hydrogens is 259 g/mol. The molecule has 1 aromatic rings. The lowest BCUT2D eigenvalue weighted by atomic mass is 9.91. The molecule has 1 fully saturated rings. The molecule has 0 saturated carbocycles. The van der Waals surface area contributed by atoms with Crippen LogP contribution >= 0.6 is 12.4 Å². The van der Waals surface area contributed by atoms with Gasteiger partial charge < -0.3 is 10.1 Å². The highest BCUT2D eigenvalue weighted by atomic mass is 35.5. The maximum atomic E-state index is 13.8. The SMILES string of the molecule is COC(=O)c1ccc(C2CCNCC2)c(F)n1.Cl. The molecule has 0 amide bonds. The molecule has 0 aliphatic carbocycles. The van der Waals surface area contributed by atoms with E-state index in [1.54, 1.807) is 6.07 Å². The third-order valence-electron chi connectivity index (χ3n) is 3.05. The number of rotatable bonds is 2. The van der Waals surface area contributed by atoms with Crippen molar-refractivity contribution >= 4 is 18.4 Å². The number of carbonyl (C=O) groups excluding carboxylic acids is 1. The van der Waals surface area contributed by atoms with Crippen molar-refractivity contribution in [1.29, 1.82) is 0 Å². The number of aromatic nitrogens is 1. The Labute approximate surface area is 111 Å². The zero-order chi connectivity index (χ0) is 12.3. The summed E-state index contributed by atoms with van der Waals surface area (Å²) in [6.07, 6.45) is 1.80. The number of hydrogen-bond donors (Lipinski definition) is 1. The maximum absolute atomic E-state index is 13.8. The smallest absolute Gasteiger partial charge is 0.356 e. The molecule has 100 valence electrons. The molecule has 1 aromatic heterocycles. The second-order valence-electron chi connectivity index (χ2n) is 4.09. The van der Waals surface area contributed by atoms with Crippen molar-refractivity contribution in [2.24, 2.45) is 0 Å². The Morgan fingerprint density at radius 2 is 2.11 bits per heavy atom. The first-order chi connectivity index (χ1) is 8.22. The lowest BCUT2D eigenvalue weighted by Crippen LogP contribution is -2.27. The van der Waals surface area contributed by atoms with Crippen molar-refractivity contribution < 1.29 is 13.9 Å². The highest BCUT2D eigenvalue weighted by Gasteiger charge is 2.20. The molecule has 0 spiro atoms. The summed E-state index contributed by atoms with van der Waals surface area (Å²) in [4.78, 5) is 14.8. The van der Waals surface area contributed by atoms with Crippen LogP contribution in [0.25, 0.3) is 0 Å². The molecule has 2 heterocycles. The summed E-state index contributed by atoms with van der Waals surface area (Å²) in [5, 5.41) is 3.23. The van der Waals surface area contributed by atoms with Crippen LogP contribution in [0.5, 0.6) is 0 Å². The van der Waals surface area contributed by atoms with Gasteiger partial charge in [0.05, 0.1) is 7.11 Å². The number of hydrogen-bond acceptors (Lipinski definition) is 4. The first-order valence-corrected chi connectivity index (χ1v) is 5.68. The van der Waals surface area contributed by atoms with Gasteiger partial charge in [-0.05, 0) is 37.9 Å². The van der Waals surface area contributed by atoms with Crippen LogP contribution in [-0.2, 0) is 4.74 Å². The molecule has 1 aliphatic rings. The Morgan fingerprint density at radius 1 is 1.44 bits per heavy atom. The summed E-state index contributed by atoms with van der Waals surface area (Å²) < 4.78 is 18.3. The fourth-order valence-electron chi connectivity index (χ4n) is 2.10. The van der Waals surface area contributed by atoms with Gasteiger partial charge in [-0.25, -0.2) is 9.78 Å². The molecule has 6 heteroatoms. The summed E-state index contributed by atoms with van der Waals surface area (Å²) >= 11 is 0. The van der Waals surface area contributed by atoms with Crippen molar-refractivity contribution in [3.63, 3.8) is 0 Å². The van der Waals surface area contributed by atoms with Crippen LogP contribution in [-0.4, -0.2) is 31.2 Å². The van der Waals surface area contributed by atoms with E-state index in [1.165, 1.54) is 13.2 Å². The minimum atomic E-state index is -0.610. The van der Waals surface area contributed by atoms with E-state index in [9.17, 15) is 9.18 Å². The van der Waals surface area contributed by atoms with E-state index in [0.29, 0.717) is 5.56 Å². The van der Waals surface area contributed by atoms with Crippen LogP contribution in [0.1, 0.15) is 34.8 Å². The van der Waals surface area contributed by atoms with E-state index >= 15 is 0 Å². The minimum Gasteiger partial charge on any atom is -0.464 e. The summed E-state index contributed by atoms with van der Waals surface area (Å²) in [5.74, 6) is -0.976. The van der Waals surface area contributed by atoms with E-state index < -0.39 is 11.9 Å². The van der Waals surface area contributed by atoms with Crippen molar-refractivity contribution in [1.82, 2.24) is 10.3 Å². The summed E-state index contributed by atoms with van der Waals surface area (Å²) in [6.45, 7) is 1.78. The Balaban J connectivity index is 0.00000162. The molecule has 4 nitrogen and oxygen atoms in total. The number of pyridine rings is 1. The highest BCUT2D eigenvalue weighted by molar-refractivity contribution is 5.87. The molecule has 1 N–H and O–H groups in total. The molecule has 0 bridgehead atoms. The lowest BCUT2D eigenvalue weighted by molar-refractivity contribution is 0.0592. The van der Waals surface area contributed by atoms with E-state index in [0.717, 1.165) is 25.9 Å². The fraction of sp³-hybridized carbons (Fsp3) is 0.500. The molecule has 2 rings (SSSR count). The molecule has 0 radical (unpaired) electrons. The van der Waals surface area contributed by atoms with Crippen molar-refractivity contribution in [2.45, 2.75) is 18.8 Å². The van der Waals surface area contributed by atoms with Gasteiger partial charge in [-0.15, -0.1) is 12.4 Å². The quantitative estimate of drug-likeness (QED) is 0.661. The normalized spacial score (nSPS) is 15.9. The van der Waals surface area contributed by atoms with Crippen LogP contribution in [0.2, 0.25) is 0 Å². The number of esters is 1. The van der Waals surface area contributed by atoms with Crippen LogP contribution < -0.4 is 5.32 Å². The standard InChI is InChI=1S/C12H15FN2O2.ClH/c1-17-12(16)10-3-2-9(11(13)15-10)8-4-6-14-7-5-8;/h2-3,8,14H,4-7H2,1H3;1H. The second-order valence-corrected chi connectivity index (χ2v) is 4.09.